The maximum Gasteiger partial charge on any atom is 0.252 e. The van der Waals surface area contributed by atoms with E-state index >= 15 is 0 Å². The molecule has 2 aromatic rings. The molecule has 142 valence electrons. The average Bonchev–Trinajstić information content (AvgIpc) is 2.75. The summed E-state index contributed by atoms with van der Waals surface area (Å²) in [6.07, 6.45) is 6.72. The van der Waals surface area contributed by atoms with Gasteiger partial charge in [-0.15, -0.1) is 0 Å². The highest BCUT2D eigenvalue weighted by molar-refractivity contribution is 5.93. The van der Waals surface area contributed by atoms with Crippen LogP contribution in [0.3, 0.4) is 0 Å². The molecule has 0 atom stereocenters. The van der Waals surface area contributed by atoms with Crippen LogP contribution in [0.2, 0.25) is 0 Å². The van der Waals surface area contributed by atoms with Crippen LogP contribution in [0, 0.1) is 0 Å². The highest BCUT2D eigenvalue weighted by atomic mass is 16.1. The van der Waals surface area contributed by atoms with Gasteiger partial charge in [-0.05, 0) is 18.2 Å². The van der Waals surface area contributed by atoms with Gasteiger partial charge in [0, 0.05) is 71.1 Å². The van der Waals surface area contributed by atoms with E-state index in [4.69, 9.17) is 0 Å². The number of carbonyl (C=O) groups excluding carboxylic acids is 1. The van der Waals surface area contributed by atoms with E-state index in [2.05, 4.69) is 40.4 Å². The van der Waals surface area contributed by atoms with Crippen LogP contribution in [-0.4, -0.2) is 78.0 Å². The summed E-state index contributed by atoms with van der Waals surface area (Å²) in [6, 6.07) is 5.30. The van der Waals surface area contributed by atoms with E-state index in [0.29, 0.717) is 18.7 Å². The molecule has 0 unspecified atom stereocenters. The van der Waals surface area contributed by atoms with Crippen molar-refractivity contribution in [2.24, 2.45) is 4.99 Å². The molecule has 27 heavy (non-hydrogen) atoms. The van der Waals surface area contributed by atoms with Crippen LogP contribution < -0.4 is 15.5 Å². The molecule has 1 amide bonds. The minimum absolute atomic E-state index is 0.128. The summed E-state index contributed by atoms with van der Waals surface area (Å²) in [4.78, 5) is 33.2. The van der Waals surface area contributed by atoms with E-state index in [9.17, 15) is 4.79 Å². The highest BCUT2D eigenvalue weighted by Crippen LogP contribution is 2.09. The zero-order valence-electron chi connectivity index (χ0n) is 15.4. The molecule has 0 saturated carbocycles. The summed E-state index contributed by atoms with van der Waals surface area (Å²) in [5, 5.41) is 6.17. The van der Waals surface area contributed by atoms with Gasteiger partial charge in [-0.3, -0.25) is 14.8 Å². The molecule has 3 heterocycles. The number of hydrogen-bond donors (Lipinski definition) is 2. The molecule has 2 N–H and O–H groups in total. The van der Waals surface area contributed by atoms with Crippen molar-refractivity contribution < 1.29 is 4.79 Å². The highest BCUT2D eigenvalue weighted by Gasteiger charge is 2.20. The number of pyridine rings is 1. The fourth-order valence-corrected chi connectivity index (χ4v) is 2.85. The van der Waals surface area contributed by atoms with Crippen LogP contribution in [0.5, 0.6) is 0 Å². The van der Waals surface area contributed by atoms with Gasteiger partial charge in [-0.25, -0.2) is 9.97 Å². The normalized spacial score (nSPS) is 14.8. The van der Waals surface area contributed by atoms with Gasteiger partial charge >= 0.3 is 0 Å². The summed E-state index contributed by atoms with van der Waals surface area (Å²) in [7, 11) is 1.77. The standard InChI is InChI=1S/C18H24N8O/c1-19-17(24-9-8-21-16(27)15-4-2-5-20-14-15)25-10-12-26(13-11-25)18-22-6-3-7-23-18/h2-7,14H,8-13H2,1H3,(H,19,24)(H,21,27). The second-order valence-electron chi connectivity index (χ2n) is 5.99. The largest absolute Gasteiger partial charge is 0.354 e. The quantitative estimate of drug-likeness (QED) is 0.435. The third-order valence-corrected chi connectivity index (χ3v) is 4.24. The van der Waals surface area contributed by atoms with Gasteiger partial charge in [-0.1, -0.05) is 0 Å². The molecule has 3 rings (SSSR count). The Balaban J connectivity index is 1.40. The number of aromatic nitrogens is 3. The Morgan fingerprint density at radius 2 is 1.81 bits per heavy atom. The number of rotatable bonds is 5. The fraction of sp³-hybridized carbons (Fsp3) is 0.389. The molecule has 1 aliphatic rings. The number of anilines is 1. The Bertz CT molecular complexity index is 744. The zero-order valence-corrected chi connectivity index (χ0v) is 15.4. The lowest BCUT2D eigenvalue weighted by Gasteiger charge is -2.36. The number of nitrogens with one attached hydrogen (secondary N) is 2. The molecule has 0 radical (unpaired) electrons. The minimum Gasteiger partial charge on any atom is -0.354 e. The van der Waals surface area contributed by atoms with Gasteiger partial charge in [0.05, 0.1) is 5.56 Å². The average molecular weight is 368 g/mol. The third-order valence-electron chi connectivity index (χ3n) is 4.24. The maximum absolute atomic E-state index is 12.0. The van der Waals surface area contributed by atoms with Gasteiger partial charge in [0.1, 0.15) is 0 Å². The van der Waals surface area contributed by atoms with Crippen LogP contribution >= 0.6 is 0 Å². The van der Waals surface area contributed by atoms with E-state index in [-0.39, 0.29) is 5.91 Å². The number of hydrogen-bond acceptors (Lipinski definition) is 6. The van der Waals surface area contributed by atoms with E-state index in [0.717, 1.165) is 38.1 Å². The van der Waals surface area contributed by atoms with Gasteiger partial charge in [0.2, 0.25) is 5.95 Å². The number of nitrogens with zero attached hydrogens (tertiary/aromatic N) is 6. The van der Waals surface area contributed by atoms with Gasteiger partial charge < -0.3 is 20.4 Å². The first-order valence-corrected chi connectivity index (χ1v) is 8.93. The smallest absolute Gasteiger partial charge is 0.252 e. The number of carbonyl (C=O) groups is 1. The molecule has 1 saturated heterocycles. The maximum atomic E-state index is 12.0. The van der Waals surface area contributed by atoms with Crippen molar-refractivity contribution in [1.82, 2.24) is 30.5 Å². The zero-order chi connectivity index (χ0) is 18.9. The second-order valence-corrected chi connectivity index (χ2v) is 5.99. The van der Waals surface area contributed by atoms with Crippen LogP contribution in [0.4, 0.5) is 5.95 Å². The van der Waals surface area contributed by atoms with E-state index in [1.807, 2.05) is 6.07 Å². The van der Waals surface area contributed by atoms with Gasteiger partial charge in [-0.2, -0.15) is 0 Å². The molecule has 2 aromatic heterocycles. The molecule has 1 aliphatic heterocycles. The number of guanidine groups is 1. The Hall–Kier alpha value is -3.23. The third kappa shape index (κ3) is 5.13. The van der Waals surface area contributed by atoms with Crippen LogP contribution in [0.1, 0.15) is 10.4 Å². The van der Waals surface area contributed by atoms with Crippen molar-refractivity contribution in [3.63, 3.8) is 0 Å². The van der Waals surface area contributed by atoms with Crippen LogP contribution in [0.25, 0.3) is 0 Å². The summed E-state index contributed by atoms with van der Waals surface area (Å²) >= 11 is 0. The lowest BCUT2D eigenvalue weighted by atomic mass is 10.3. The molecule has 0 spiro atoms. The Kier molecular flexibility index (Phi) is 6.50. The van der Waals surface area contributed by atoms with Crippen molar-refractivity contribution in [3.8, 4) is 0 Å². The van der Waals surface area contributed by atoms with Crippen LogP contribution in [0.15, 0.2) is 48.0 Å². The van der Waals surface area contributed by atoms with E-state index < -0.39 is 0 Å². The molecule has 0 bridgehead atoms. The monoisotopic (exact) mass is 368 g/mol. The van der Waals surface area contributed by atoms with Crippen molar-refractivity contribution in [2.45, 2.75) is 0 Å². The topological polar surface area (TPSA) is 98.6 Å². The molecule has 1 fully saturated rings. The Labute approximate surface area is 158 Å². The summed E-state index contributed by atoms with van der Waals surface area (Å²) in [5.74, 6) is 1.47. The molecule has 0 aliphatic carbocycles. The fourth-order valence-electron chi connectivity index (χ4n) is 2.85. The lowest BCUT2D eigenvalue weighted by Crippen LogP contribution is -2.53. The number of aliphatic imine (C=N–C) groups is 1. The summed E-state index contributed by atoms with van der Waals surface area (Å²) in [6.45, 7) is 4.44. The van der Waals surface area contributed by atoms with Crippen molar-refractivity contribution >= 4 is 17.8 Å². The molecular formula is C18H24N8O. The second kappa shape index (κ2) is 9.46. The first kappa shape index (κ1) is 18.6. The minimum atomic E-state index is -0.128. The Morgan fingerprint density at radius 1 is 1.07 bits per heavy atom. The van der Waals surface area contributed by atoms with Crippen molar-refractivity contribution in [3.05, 3.63) is 48.5 Å². The molecule has 9 heteroatoms. The summed E-state index contributed by atoms with van der Waals surface area (Å²) in [5.41, 5.74) is 0.557. The SMILES string of the molecule is CN=C(NCCNC(=O)c1cccnc1)N1CCN(c2ncccn2)CC1. The van der Waals surface area contributed by atoms with Gasteiger partial charge in [0.15, 0.2) is 5.96 Å². The Morgan fingerprint density at radius 3 is 2.48 bits per heavy atom. The predicted molar refractivity (Wildman–Crippen MR) is 104 cm³/mol. The molecule has 9 nitrogen and oxygen atoms in total. The lowest BCUT2D eigenvalue weighted by molar-refractivity contribution is 0.0954. The van der Waals surface area contributed by atoms with Gasteiger partial charge in [0.25, 0.3) is 5.91 Å². The molecular weight excluding hydrogens is 344 g/mol. The number of piperazine rings is 1. The first-order chi connectivity index (χ1) is 13.3. The van der Waals surface area contributed by atoms with Crippen molar-refractivity contribution in [1.29, 1.82) is 0 Å². The van der Waals surface area contributed by atoms with E-state index in [1.54, 1.807) is 44.0 Å². The van der Waals surface area contributed by atoms with Crippen molar-refractivity contribution in [2.75, 3.05) is 51.2 Å². The predicted octanol–water partition coefficient (Wildman–Crippen LogP) is -0.001000. The molecule has 0 aromatic carbocycles. The number of amides is 1. The van der Waals surface area contributed by atoms with Crippen LogP contribution in [-0.2, 0) is 0 Å². The van der Waals surface area contributed by atoms with E-state index in [1.165, 1.54) is 0 Å². The first-order valence-electron chi connectivity index (χ1n) is 8.93. The summed E-state index contributed by atoms with van der Waals surface area (Å²) < 4.78 is 0.